The minimum Gasteiger partial charge on any atom is -0.325 e. The number of hydrogen-bond acceptors (Lipinski definition) is 3. The van der Waals surface area contributed by atoms with Crippen LogP contribution in [0.4, 0.5) is 0 Å². The zero-order valence-corrected chi connectivity index (χ0v) is 12.8. The third-order valence-electron chi connectivity index (χ3n) is 3.22. The van der Waals surface area contributed by atoms with Crippen molar-refractivity contribution >= 4 is 5.91 Å². The van der Waals surface area contributed by atoms with Crippen molar-refractivity contribution in [3.8, 4) is 0 Å². The molecule has 106 valence electrons. The van der Waals surface area contributed by atoms with Gasteiger partial charge in [0.2, 0.25) is 5.91 Å². The number of nitrogens with zero attached hydrogens (tertiary/aromatic N) is 2. The van der Waals surface area contributed by atoms with E-state index in [1.807, 2.05) is 4.90 Å². The van der Waals surface area contributed by atoms with Crippen LogP contribution in [0.15, 0.2) is 0 Å². The molecule has 1 aliphatic rings. The van der Waals surface area contributed by atoms with E-state index in [1.54, 1.807) is 0 Å². The molecule has 18 heavy (non-hydrogen) atoms. The second kappa shape index (κ2) is 6.02. The van der Waals surface area contributed by atoms with Crippen molar-refractivity contribution in [2.24, 2.45) is 11.3 Å². The topological polar surface area (TPSA) is 35.6 Å². The van der Waals surface area contributed by atoms with E-state index >= 15 is 0 Å². The lowest BCUT2D eigenvalue weighted by Crippen LogP contribution is -2.46. The summed E-state index contributed by atoms with van der Waals surface area (Å²) in [6.07, 6.45) is 1.25. The van der Waals surface area contributed by atoms with Gasteiger partial charge in [0.15, 0.2) is 0 Å². The summed E-state index contributed by atoms with van der Waals surface area (Å²) in [7, 11) is 4.16. The maximum Gasteiger partial charge on any atom is 0.237 e. The fourth-order valence-electron chi connectivity index (χ4n) is 2.81. The molecule has 1 unspecified atom stereocenters. The molecule has 1 N–H and O–H groups in total. The molecular formula is C14H29N3O. The summed E-state index contributed by atoms with van der Waals surface area (Å²) in [6, 6.07) is 0. The van der Waals surface area contributed by atoms with Gasteiger partial charge in [-0.1, -0.05) is 27.7 Å². The minimum atomic E-state index is 0.125. The Hall–Kier alpha value is -0.610. The Labute approximate surface area is 112 Å². The molecule has 0 aromatic heterocycles. The zero-order valence-electron chi connectivity index (χ0n) is 12.8. The van der Waals surface area contributed by atoms with E-state index in [2.05, 4.69) is 52.0 Å². The van der Waals surface area contributed by atoms with Crippen LogP contribution < -0.4 is 5.32 Å². The molecule has 4 nitrogen and oxygen atoms in total. The second-order valence-electron chi connectivity index (χ2n) is 6.95. The molecule has 4 heteroatoms. The fraction of sp³-hybridized carbons (Fsp3) is 0.929. The van der Waals surface area contributed by atoms with Crippen LogP contribution in [0.5, 0.6) is 0 Å². The first-order valence-electron chi connectivity index (χ1n) is 6.89. The summed E-state index contributed by atoms with van der Waals surface area (Å²) in [5.74, 6) is 0.848. The number of hydrogen-bond donors (Lipinski definition) is 1. The monoisotopic (exact) mass is 255 g/mol. The van der Waals surface area contributed by atoms with E-state index in [1.165, 1.54) is 0 Å². The number of carbonyl (C=O) groups excluding carboxylic acids is 1. The molecule has 1 rings (SSSR count). The summed E-state index contributed by atoms with van der Waals surface area (Å²) in [6.45, 7) is 11.2. The molecule has 0 bridgehead atoms. The summed E-state index contributed by atoms with van der Waals surface area (Å²) in [4.78, 5) is 16.2. The van der Waals surface area contributed by atoms with Gasteiger partial charge in [-0.2, -0.15) is 0 Å². The van der Waals surface area contributed by atoms with Crippen molar-refractivity contribution in [2.45, 2.75) is 40.3 Å². The molecule has 0 spiro atoms. The lowest BCUT2D eigenvalue weighted by Gasteiger charge is -2.35. The molecule has 1 aliphatic heterocycles. The van der Waals surface area contributed by atoms with Gasteiger partial charge in [0, 0.05) is 13.1 Å². The van der Waals surface area contributed by atoms with Crippen LogP contribution in [0.25, 0.3) is 0 Å². The molecule has 1 fully saturated rings. The summed E-state index contributed by atoms with van der Waals surface area (Å²) < 4.78 is 0. The third-order valence-corrected chi connectivity index (χ3v) is 3.22. The fourth-order valence-corrected chi connectivity index (χ4v) is 2.81. The molecule has 1 atom stereocenters. The molecule has 0 radical (unpaired) electrons. The Morgan fingerprint density at radius 2 is 2.06 bits per heavy atom. The van der Waals surface area contributed by atoms with Gasteiger partial charge in [0.25, 0.3) is 0 Å². The van der Waals surface area contributed by atoms with Crippen molar-refractivity contribution in [3.63, 3.8) is 0 Å². The second-order valence-corrected chi connectivity index (χ2v) is 6.95. The first-order chi connectivity index (χ1) is 8.21. The predicted molar refractivity (Wildman–Crippen MR) is 75.3 cm³/mol. The van der Waals surface area contributed by atoms with Crippen molar-refractivity contribution in [1.82, 2.24) is 15.1 Å². The minimum absolute atomic E-state index is 0.125. The van der Waals surface area contributed by atoms with Crippen LogP contribution in [0.1, 0.15) is 34.1 Å². The van der Waals surface area contributed by atoms with Crippen molar-refractivity contribution < 1.29 is 4.79 Å². The summed E-state index contributed by atoms with van der Waals surface area (Å²) in [5.41, 5.74) is 0.125. The molecule has 0 aromatic rings. The van der Waals surface area contributed by atoms with Gasteiger partial charge >= 0.3 is 0 Å². The highest BCUT2D eigenvalue weighted by molar-refractivity contribution is 5.80. The number of rotatable bonds is 6. The first-order valence-corrected chi connectivity index (χ1v) is 6.89. The third kappa shape index (κ3) is 4.58. The molecule has 0 saturated carbocycles. The van der Waals surface area contributed by atoms with Crippen LogP contribution in [0.2, 0.25) is 0 Å². The molecule has 0 aliphatic carbocycles. The highest BCUT2D eigenvalue weighted by Gasteiger charge is 2.34. The van der Waals surface area contributed by atoms with Gasteiger partial charge in [0.05, 0.1) is 12.7 Å². The quantitative estimate of drug-likeness (QED) is 0.779. The number of carbonyl (C=O) groups is 1. The van der Waals surface area contributed by atoms with Crippen molar-refractivity contribution in [1.29, 1.82) is 0 Å². The maximum absolute atomic E-state index is 12.0. The molecular weight excluding hydrogens is 226 g/mol. The predicted octanol–water partition coefficient (Wildman–Crippen LogP) is 1.38. The highest BCUT2D eigenvalue weighted by atomic mass is 16.2. The van der Waals surface area contributed by atoms with Crippen LogP contribution in [-0.2, 0) is 4.79 Å². The van der Waals surface area contributed by atoms with Gasteiger partial charge in [0.1, 0.15) is 0 Å². The van der Waals surface area contributed by atoms with E-state index in [9.17, 15) is 4.79 Å². The maximum atomic E-state index is 12.0. The Balaban J connectivity index is 2.64. The molecule has 1 heterocycles. The molecule has 1 amide bonds. The van der Waals surface area contributed by atoms with Gasteiger partial charge < -0.3 is 9.80 Å². The standard InChI is InChI=1S/C14H29N3O/c1-11(2)7-12-15-8-13(18)17(12)10-14(3,4)9-16(5)6/h11-12,15H,7-10H2,1-6H3. The smallest absolute Gasteiger partial charge is 0.237 e. The van der Waals surface area contributed by atoms with E-state index < -0.39 is 0 Å². The van der Waals surface area contributed by atoms with Gasteiger partial charge in [-0.15, -0.1) is 0 Å². The van der Waals surface area contributed by atoms with Crippen LogP contribution in [0, 0.1) is 11.3 Å². The first kappa shape index (κ1) is 15.4. The van der Waals surface area contributed by atoms with Gasteiger partial charge in [-0.3, -0.25) is 10.1 Å². The van der Waals surface area contributed by atoms with Crippen LogP contribution in [0.3, 0.4) is 0 Å². The van der Waals surface area contributed by atoms with E-state index in [-0.39, 0.29) is 17.5 Å². The highest BCUT2D eigenvalue weighted by Crippen LogP contribution is 2.23. The Morgan fingerprint density at radius 3 is 2.56 bits per heavy atom. The van der Waals surface area contributed by atoms with Gasteiger partial charge in [-0.05, 0) is 31.8 Å². The van der Waals surface area contributed by atoms with E-state index in [0.717, 1.165) is 19.5 Å². The summed E-state index contributed by atoms with van der Waals surface area (Å²) >= 11 is 0. The lowest BCUT2D eigenvalue weighted by atomic mass is 9.91. The lowest BCUT2D eigenvalue weighted by molar-refractivity contribution is -0.129. The largest absolute Gasteiger partial charge is 0.325 e. The molecule has 1 saturated heterocycles. The van der Waals surface area contributed by atoms with E-state index in [4.69, 9.17) is 0 Å². The Bertz CT molecular complexity index is 287. The average molecular weight is 255 g/mol. The SMILES string of the molecule is CC(C)CC1NCC(=O)N1CC(C)(C)CN(C)C. The Kier molecular flexibility index (Phi) is 5.17. The molecule has 0 aromatic carbocycles. The van der Waals surface area contributed by atoms with E-state index in [0.29, 0.717) is 12.5 Å². The van der Waals surface area contributed by atoms with Gasteiger partial charge in [-0.25, -0.2) is 0 Å². The van der Waals surface area contributed by atoms with Crippen LogP contribution in [-0.4, -0.2) is 55.6 Å². The zero-order chi connectivity index (χ0) is 13.9. The van der Waals surface area contributed by atoms with Crippen LogP contribution >= 0.6 is 0 Å². The summed E-state index contributed by atoms with van der Waals surface area (Å²) in [5, 5.41) is 3.33. The number of nitrogens with one attached hydrogen (secondary N) is 1. The van der Waals surface area contributed by atoms with Crippen molar-refractivity contribution in [2.75, 3.05) is 33.7 Å². The Morgan fingerprint density at radius 1 is 1.44 bits per heavy atom. The average Bonchev–Trinajstić information content (AvgIpc) is 2.46. The van der Waals surface area contributed by atoms with Crippen molar-refractivity contribution in [3.05, 3.63) is 0 Å². The number of amides is 1. The normalized spacial score (nSPS) is 21.4.